The van der Waals surface area contributed by atoms with E-state index in [-0.39, 0.29) is 43.4 Å². The number of hydrogen-bond donors (Lipinski definition) is 0. The van der Waals surface area contributed by atoms with Gasteiger partial charge in [-0.3, -0.25) is 4.79 Å². The van der Waals surface area contributed by atoms with Crippen molar-refractivity contribution in [2.75, 3.05) is 46.0 Å². The normalized spacial score (nSPS) is 17.9. The van der Waals surface area contributed by atoms with Crippen molar-refractivity contribution in [2.24, 2.45) is 0 Å². The Morgan fingerprint density at radius 2 is 1.75 bits per heavy atom. The lowest BCUT2D eigenvalue weighted by Gasteiger charge is -2.33. The lowest BCUT2D eigenvalue weighted by atomic mass is 10.2. The van der Waals surface area contributed by atoms with Crippen molar-refractivity contribution in [1.29, 1.82) is 0 Å². The van der Waals surface area contributed by atoms with Gasteiger partial charge < -0.3 is 19.1 Å². The van der Waals surface area contributed by atoms with Gasteiger partial charge in [-0.25, -0.2) is 13.2 Å². The molecule has 9 nitrogen and oxygen atoms in total. The number of aryl methyl sites for hydroxylation is 1. The van der Waals surface area contributed by atoms with Crippen molar-refractivity contribution in [2.45, 2.75) is 11.8 Å². The molecule has 28 heavy (non-hydrogen) atoms. The largest absolute Gasteiger partial charge is 0.493 e. The van der Waals surface area contributed by atoms with Crippen molar-refractivity contribution in [1.82, 2.24) is 9.21 Å². The maximum atomic E-state index is 12.7. The lowest BCUT2D eigenvalue weighted by molar-refractivity contribution is -0.153. The van der Waals surface area contributed by atoms with E-state index in [9.17, 15) is 18.0 Å². The van der Waals surface area contributed by atoms with E-state index in [2.05, 4.69) is 0 Å². The van der Waals surface area contributed by atoms with E-state index in [0.29, 0.717) is 6.61 Å². The van der Waals surface area contributed by atoms with Gasteiger partial charge in [-0.15, -0.1) is 0 Å². The minimum Gasteiger partial charge on any atom is -0.493 e. The van der Waals surface area contributed by atoms with Gasteiger partial charge in [-0.2, -0.15) is 4.31 Å². The van der Waals surface area contributed by atoms with Crippen LogP contribution < -0.4 is 0 Å². The van der Waals surface area contributed by atoms with E-state index in [0.717, 1.165) is 11.8 Å². The number of esters is 1. The highest BCUT2D eigenvalue weighted by Gasteiger charge is 2.30. The smallest absolute Gasteiger partial charge is 0.377 e. The third kappa shape index (κ3) is 4.63. The fourth-order valence-electron chi connectivity index (χ4n) is 2.80. The molecule has 1 amide bonds. The molecule has 0 N–H and O–H groups in total. The summed E-state index contributed by atoms with van der Waals surface area (Å²) < 4.78 is 41.7. The van der Waals surface area contributed by atoms with Crippen molar-refractivity contribution in [3.05, 3.63) is 41.9 Å². The third-order valence-corrected chi connectivity index (χ3v) is 6.34. The van der Waals surface area contributed by atoms with Gasteiger partial charge in [0.05, 0.1) is 4.90 Å². The summed E-state index contributed by atoms with van der Waals surface area (Å²) in [5.74, 6) is -1.24. The second-order valence-electron chi connectivity index (χ2n) is 6.38. The van der Waals surface area contributed by atoms with E-state index in [1.807, 2.05) is 6.92 Å². The Kier molecular flexibility index (Phi) is 6.20. The van der Waals surface area contributed by atoms with E-state index < -0.39 is 28.5 Å². The molecule has 1 aromatic rings. The number of piperazine rings is 1. The molecular formula is C18H22N2O7S. The zero-order chi connectivity index (χ0) is 20.1. The first-order chi connectivity index (χ1) is 13.4. The molecule has 1 saturated heterocycles. The minimum atomic E-state index is -3.60. The predicted octanol–water partition coefficient (Wildman–Crippen LogP) is 0.259. The Morgan fingerprint density at radius 1 is 1.07 bits per heavy atom. The summed E-state index contributed by atoms with van der Waals surface area (Å²) in [5.41, 5.74) is 0.977. The third-order valence-electron chi connectivity index (χ3n) is 4.43. The van der Waals surface area contributed by atoms with Crippen LogP contribution in [0, 0.1) is 6.92 Å². The van der Waals surface area contributed by atoms with Crippen LogP contribution in [-0.2, 0) is 33.8 Å². The number of hydrogen-bond acceptors (Lipinski definition) is 7. The van der Waals surface area contributed by atoms with E-state index >= 15 is 0 Å². The average molecular weight is 410 g/mol. The number of carbonyl (C=O) groups is 2. The SMILES string of the molecule is Cc1ccc(S(=O)(=O)N2CCN(C(=O)COC(=O)C3=COCCO3)CC2)cc1. The van der Waals surface area contributed by atoms with Crippen molar-refractivity contribution in [3.63, 3.8) is 0 Å². The van der Waals surface area contributed by atoms with Crippen LogP contribution in [0.25, 0.3) is 0 Å². The zero-order valence-electron chi connectivity index (χ0n) is 15.5. The van der Waals surface area contributed by atoms with Crippen molar-refractivity contribution < 1.29 is 32.2 Å². The van der Waals surface area contributed by atoms with Gasteiger partial charge in [-0.1, -0.05) is 17.7 Å². The van der Waals surface area contributed by atoms with Crippen LogP contribution in [0.15, 0.2) is 41.2 Å². The molecule has 0 unspecified atom stereocenters. The molecule has 0 spiro atoms. The molecule has 1 aromatic carbocycles. The first kappa shape index (κ1) is 20.2. The van der Waals surface area contributed by atoms with Crippen LogP contribution in [0.1, 0.15) is 5.56 Å². The summed E-state index contributed by atoms with van der Waals surface area (Å²) in [6.07, 6.45) is 1.16. The topological polar surface area (TPSA) is 102 Å². The van der Waals surface area contributed by atoms with Crippen LogP contribution in [0.3, 0.4) is 0 Å². The van der Waals surface area contributed by atoms with E-state index in [1.165, 1.54) is 9.21 Å². The standard InChI is InChI=1S/C18H22N2O7S/c1-14-2-4-15(5-3-14)28(23,24)20-8-6-19(7-9-20)17(21)13-27-18(22)16-12-25-10-11-26-16/h2-5,12H,6-11,13H2,1H3. The molecule has 2 aliphatic rings. The number of sulfonamides is 1. The number of nitrogens with zero attached hydrogens (tertiary/aromatic N) is 2. The van der Waals surface area contributed by atoms with Crippen molar-refractivity contribution >= 4 is 21.9 Å². The molecular weight excluding hydrogens is 388 g/mol. The van der Waals surface area contributed by atoms with Crippen LogP contribution in [-0.4, -0.2) is 75.5 Å². The highest BCUT2D eigenvalue weighted by molar-refractivity contribution is 7.89. The zero-order valence-corrected chi connectivity index (χ0v) is 16.3. The predicted molar refractivity (Wildman–Crippen MR) is 97.5 cm³/mol. The number of ether oxygens (including phenoxy) is 3. The summed E-state index contributed by atoms with van der Waals surface area (Å²) in [6.45, 7) is 2.85. The fourth-order valence-corrected chi connectivity index (χ4v) is 4.22. The molecule has 2 aliphatic heterocycles. The highest BCUT2D eigenvalue weighted by Crippen LogP contribution is 2.18. The van der Waals surface area contributed by atoms with Gasteiger partial charge in [-0.05, 0) is 19.1 Å². The van der Waals surface area contributed by atoms with Gasteiger partial charge in [0.1, 0.15) is 19.5 Å². The summed E-state index contributed by atoms with van der Waals surface area (Å²) in [6, 6.07) is 6.65. The van der Waals surface area contributed by atoms with Crippen molar-refractivity contribution in [3.8, 4) is 0 Å². The van der Waals surface area contributed by atoms with Crippen LogP contribution >= 0.6 is 0 Å². The fraction of sp³-hybridized carbons (Fsp3) is 0.444. The molecule has 1 fully saturated rings. The maximum absolute atomic E-state index is 12.7. The Bertz CT molecular complexity index is 856. The molecule has 0 bridgehead atoms. The molecule has 10 heteroatoms. The van der Waals surface area contributed by atoms with Gasteiger partial charge in [0.15, 0.2) is 6.61 Å². The van der Waals surface area contributed by atoms with Gasteiger partial charge in [0.2, 0.25) is 15.8 Å². The van der Waals surface area contributed by atoms with Crippen LogP contribution in [0.2, 0.25) is 0 Å². The average Bonchev–Trinajstić information content (AvgIpc) is 2.73. The minimum absolute atomic E-state index is 0.0759. The molecule has 0 aliphatic carbocycles. The molecule has 152 valence electrons. The molecule has 0 radical (unpaired) electrons. The quantitative estimate of drug-likeness (QED) is 0.642. The lowest BCUT2D eigenvalue weighted by Crippen LogP contribution is -2.51. The maximum Gasteiger partial charge on any atom is 0.377 e. The monoisotopic (exact) mass is 410 g/mol. The number of amides is 1. The van der Waals surface area contributed by atoms with Gasteiger partial charge in [0.25, 0.3) is 5.91 Å². The van der Waals surface area contributed by atoms with E-state index in [1.54, 1.807) is 24.3 Å². The molecule has 0 atom stereocenters. The summed E-state index contributed by atoms with van der Waals surface area (Å²) in [7, 11) is -3.60. The number of benzene rings is 1. The van der Waals surface area contributed by atoms with Crippen LogP contribution in [0.5, 0.6) is 0 Å². The van der Waals surface area contributed by atoms with Gasteiger partial charge in [0, 0.05) is 26.2 Å². The van der Waals surface area contributed by atoms with Crippen LogP contribution in [0.4, 0.5) is 0 Å². The Hall–Kier alpha value is -2.59. The van der Waals surface area contributed by atoms with Gasteiger partial charge >= 0.3 is 5.97 Å². The number of carbonyl (C=O) groups excluding carboxylic acids is 2. The first-order valence-corrected chi connectivity index (χ1v) is 10.3. The Balaban J connectivity index is 1.50. The molecule has 0 aromatic heterocycles. The Morgan fingerprint density at radius 3 is 2.36 bits per heavy atom. The second kappa shape index (κ2) is 8.61. The molecule has 0 saturated carbocycles. The summed E-state index contributed by atoms with van der Waals surface area (Å²) >= 11 is 0. The van der Waals surface area contributed by atoms with E-state index in [4.69, 9.17) is 14.2 Å². The first-order valence-electron chi connectivity index (χ1n) is 8.84. The second-order valence-corrected chi connectivity index (χ2v) is 8.31. The highest BCUT2D eigenvalue weighted by atomic mass is 32.2. The number of rotatable bonds is 5. The summed E-state index contributed by atoms with van der Waals surface area (Å²) in [4.78, 5) is 25.7. The molecule has 2 heterocycles. The summed E-state index contributed by atoms with van der Waals surface area (Å²) in [5, 5.41) is 0. The molecule has 3 rings (SSSR count). The Labute approximate surface area is 163 Å².